The third-order valence-electron chi connectivity index (χ3n) is 6.86. The Labute approximate surface area is 250 Å². The average molecular weight is 595 g/mol. The fourth-order valence-corrected chi connectivity index (χ4v) is 5.60. The molecular weight excluding hydrogens is 568 g/mol. The fourth-order valence-electron chi connectivity index (χ4n) is 4.82. The zero-order valence-electron chi connectivity index (χ0n) is 23.3. The van der Waals surface area contributed by atoms with Gasteiger partial charge in [-0.1, -0.05) is 66.4 Å². The summed E-state index contributed by atoms with van der Waals surface area (Å²) in [5.74, 6) is 1.74. The summed E-state index contributed by atoms with van der Waals surface area (Å²) in [5, 5.41) is 19.8. The minimum atomic E-state index is -0.752. The highest BCUT2D eigenvalue weighted by Gasteiger charge is 2.35. The van der Waals surface area contributed by atoms with Gasteiger partial charge in [0.2, 0.25) is 17.0 Å². The van der Waals surface area contributed by atoms with Gasteiger partial charge in [0.15, 0.2) is 5.76 Å². The molecule has 0 spiro atoms. The van der Waals surface area contributed by atoms with Gasteiger partial charge in [0.1, 0.15) is 6.04 Å². The third kappa shape index (κ3) is 5.77. The number of nitro groups is 1. The van der Waals surface area contributed by atoms with Crippen molar-refractivity contribution >= 4 is 29.4 Å². The largest absolute Gasteiger partial charge is 0.463 e. The van der Waals surface area contributed by atoms with Crippen molar-refractivity contribution in [3.8, 4) is 22.8 Å². The zero-order valence-corrected chi connectivity index (χ0v) is 24.1. The Morgan fingerprint density at radius 2 is 1.88 bits per heavy atom. The van der Waals surface area contributed by atoms with Crippen LogP contribution in [-0.2, 0) is 15.3 Å². The van der Waals surface area contributed by atoms with Gasteiger partial charge in [0.05, 0.1) is 23.3 Å². The van der Waals surface area contributed by atoms with E-state index >= 15 is 0 Å². The average Bonchev–Trinajstić information content (AvgIpc) is 3.68. The third-order valence-corrected chi connectivity index (χ3v) is 7.77. The van der Waals surface area contributed by atoms with Crippen molar-refractivity contribution < 1.29 is 18.9 Å². The number of aromatic nitrogens is 4. The maximum Gasteiger partial charge on any atom is 0.338 e. The molecule has 1 aliphatic rings. The number of hydrogen-bond donors (Lipinski definition) is 1. The summed E-state index contributed by atoms with van der Waals surface area (Å²) in [6.45, 7) is 3.66. The standard InChI is InChI=1S/C31H26N6O5S/c1-3-41-29(38)26-19(2)33-30-34-31(35-36(30)27(26)23-10-7-11-24(16-23)37(39)40)43-18-20-12-14-22(15-13-20)28-32-17-25(42-28)21-8-5-4-6-9-21/h4-17,27H,3,18H2,1-2H3,(H,33,34,35)/t27-/m1/s1. The van der Waals surface area contributed by atoms with Gasteiger partial charge < -0.3 is 14.5 Å². The van der Waals surface area contributed by atoms with Crippen molar-refractivity contribution in [3.63, 3.8) is 0 Å². The Hall–Kier alpha value is -5.23. The number of allylic oxidation sites excluding steroid dienone is 1. The molecule has 2 aromatic heterocycles. The fraction of sp³-hybridized carbons (Fsp3) is 0.161. The molecule has 0 saturated carbocycles. The first-order valence-electron chi connectivity index (χ1n) is 13.5. The second kappa shape index (κ2) is 11.9. The smallest absolute Gasteiger partial charge is 0.338 e. The lowest BCUT2D eigenvalue weighted by atomic mass is 9.95. The van der Waals surface area contributed by atoms with E-state index in [1.54, 1.807) is 36.9 Å². The molecule has 0 aliphatic carbocycles. The first-order valence-corrected chi connectivity index (χ1v) is 14.5. The number of anilines is 1. The van der Waals surface area contributed by atoms with E-state index in [4.69, 9.17) is 14.3 Å². The van der Waals surface area contributed by atoms with Crippen molar-refractivity contribution in [2.24, 2.45) is 0 Å². The number of fused-ring (bicyclic) bond motifs is 1. The predicted octanol–water partition coefficient (Wildman–Crippen LogP) is 6.65. The molecule has 1 atom stereocenters. The molecule has 5 aromatic rings. The van der Waals surface area contributed by atoms with Gasteiger partial charge in [0, 0.05) is 34.7 Å². The Balaban J connectivity index is 1.22. The van der Waals surface area contributed by atoms with Crippen molar-refractivity contribution in [2.75, 3.05) is 11.9 Å². The topological polar surface area (TPSA) is 138 Å². The van der Waals surface area contributed by atoms with E-state index in [-0.39, 0.29) is 12.3 Å². The molecule has 6 rings (SSSR count). The van der Waals surface area contributed by atoms with Gasteiger partial charge >= 0.3 is 5.97 Å². The van der Waals surface area contributed by atoms with E-state index < -0.39 is 16.9 Å². The van der Waals surface area contributed by atoms with E-state index in [1.165, 1.54) is 23.9 Å². The Bertz CT molecular complexity index is 1830. The van der Waals surface area contributed by atoms with Crippen molar-refractivity contribution in [2.45, 2.75) is 30.8 Å². The number of nitrogens with one attached hydrogen (secondary N) is 1. The van der Waals surface area contributed by atoms with Crippen LogP contribution in [0.4, 0.5) is 11.6 Å². The van der Waals surface area contributed by atoms with Crippen LogP contribution >= 0.6 is 11.8 Å². The Kier molecular flexibility index (Phi) is 7.75. The maximum absolute atomic E-state index is 13.0. The molecule has 3 heterocycles. The van der Waals surface area contributed by atoms with Crippen LogP contribution in [0.1, 0.15) is 31.0 Å². The van der Waals surface area contributed by atoms with Gasteiger partial charge in [-0.15, -0.1) is 5.10 Å². The molecule has 216 valence electrons. The highest BCUT2D eigenvalue weighted by molar-refractivity contribution is 7.98. The first-order chi connectivity index (χ1) is 20.9. The van der Waals surface area contributed by atoms with Gasteiger partial charge in [0.25, 0.3) is 5.69 Å². The molecule has 12 heteroatoms. The number of ether oxygens (including phenoxy) is 1. The number of thioether (sulfide) groups is 1. The number of oxazole rings is 1. The number of esters is 1. The number of non-ortho nitro benzene ring substituents is 1. The van der Waals surface area contributed by atoms with E-state index in [1.807, 2.05) is 54.6 Å². The molecule has 1 N–H and O–H groups in total. The quantitative estimate of drug-likeness (QED) is 0.0854. The van der Waals surface area contributed by atoms with Crippen LogP contribution in [0.5, 0.6) is 0 Å². The number of rotatable bonds is 9. The van der Waals surface area contributed by atoms with E-state index in [0.29, 0.717) is 45.3 Å². The number of hydrogen-bond acceptors (Lipinski definition) is 10. The Morgan fingerprint density at radius 1 is 1.09 bits per heavy atom. The Morgan fingerprint density at radius 3 is 2.63 bits per heavy atom. The summed E-state index contributed by atoms with van der Waals surface area (Å²) in [6.07, 6.45) is 1.72. The number of carbonyl (C=O) groups is 1. The molecule has 43 heavy (non-hydrogen) atoms. The first kappa shape index (κ1) is 27.9. The van der Waals surface area contributed by atoms with Crippen LogP contribution in [0.25, 0.3) is 22.8 Å². The summed E-state index contributed by atoms with van der Waals surface area (Å²) >= 11 is 1.43. The van der Waals surface area contributed by atoms with Gasteiger partial charge in [-0.25, -0.2) is 14.5 Å². The predicted molar refractivity (Wildman–Crippen MR) is 161 cm³/mol. The van der Waals surface area contributed by atoms with Crippen molar-refractivity contribution in [1.82, 2.24) is 19.7 Å². The number of nitrogens with zero attached hydrogens (tertiary/aromatic N) is 5. The normalized spacial score (nSPS) is 14.2. The SMILES string of the molecule is CCOC(=O)C1=C(C)Nc2nc(SCc3ccc(-c4ncc(-c5ccccc5)o4)cc3)nn2[C@@H]1c1cccc([N+](=O)[O-])c1. The highest BCUT2D eigenvalue weighted by Crippen LogP contribution is 2.38. The molecule has 0 fully saturated rings. The van der Waals surface area contributed by atoms with Crippen LogP contribution in [0, 0.1) is 10.1 Å². The summed E-state index contributed by atoms with van der Waals surface area (Å²) in [7, 11) is 0. The monoisotopic (exact) mass is 594 g/mol. The molecule has 3 aromatic carbocycles. The molecule has 0 saturated heterocycles. The number of carbonyl (C=O) groups excluding carboxylic acids is 1. The minimum absolute atomic E-state index is 0.0855. The summed E-state index contributed by atoms with van der Waals surface area (Å²) in [5.41, 5.74) is 4.17. The summed E-state index contributed by atoms with van der Waals surface area (Å²) in [4.78, 5) is 33.1. The molecule has 0 bridgehead atoms. The maximum atomic E-state index is 13.0. The van der Waals surface area contributed by atoms with Gasteiger partial charge in [-0.2, -0.15) is 4.98 Å². The van der Waals surface area contributed by atoms with E-state index in [9.17, 15) is 14.9 Å². The summed E-state index contributed by atoms with van der Waals surface area (Å²) < 4.78 is 12.9. The minimum Gasteiger partial charge on any atom is -0.463 e. The van der Waals surface area contributed by atoms with Crippen molar-refractivity contribution in [1.29, 1.82) is 0 Å². The molecule has 0 amide bonds. The lowest BCUT2D eigenvalue weighted by molar-refractivity contribution is -0.384. The van der Waals surface area contributed by atoms with Crippen LogP contribution in [0.3, 0.4) is 0 Å². The second-order valence-electron chi connectivity index (χ2n) is 9.68. The summed E-state index contributed by atoms with van der Waals surface area (Å²) in [6, 6.07) is 23.1. The van der Waals surface area contributed by atoms with Crippen LogP contribution in [-0.4, -0.2) is 37.2 Å². The lowest BCUT2D eigenvalue weighted by Crippen LogP contribution is -2.29. The molecule has 11 nitrogen and oxygen atoms in total. The van der Waals surface area contributed by atoms with Crippen molar-refractivity contribution in [3.05, 3.63) is 118 Å². The number of nitro benzene ring substituents is 1. The molecule has 0 unspecified atom stereocenters. The van der Waals surface area contributed by atoms with E-state index in [2.05, 4.69) is 15.3 Å². The van der Waals surface area contributed by atoms with Gasteiger partial charge in [-0.3, -0.25) is 10.1 Å². The van der Waals surface area contributed by atoms with Crippen LogP contribution < -0.4 is 5.32 Å². The number of benzene rings is 3. The molecule has 0 radical (unpaired) electrons. The lowest BCUT2D eigenvalue weighted by Gasteiger charge is -2.27. The second-order valence-corrected chi connectivity index (χ2v) is 10.6. The molecule has 1 aliphatic heterocycles. The van der Waals surface area contributed by atoms with Crippen LogP contribution in [0.15, 0.2) is 106 Å². The van der Waals surface area contributed by atoms with E-state index in [0.717, 1.165) is 16.7 Å². The highest BCUT2D eigenvalue weighted by atomic mass is 32.2. The van der Waals surface area contributed by atoms with Gasteiger partial charge in [-0.05, 0) is 37.1 Å². The van der Waals surface area contributed by atoms with Crippen LogP contribution in [0.2, 0.25) is 0 Å². The molecular formula is C31H26N6O5S. The zero-order chi connectivity index (χ0) is 29.9.